The molecule has 132 valence electrons. The lowest BCUT2D eigenvalue weighted by molar-refractivity contribution is -0.121. The topological polar surface area (TPSA) is 110 Å². The van der Waals surface area contributed by atoms with Gasteiger partial charge >= 0.3 is 5.97 Å². The number of methoxy groups -OCH3 is 1. The SMILES string of the molecule is COC(=O)c1ccsc1N1CCC(N2CCC(S(N)(=O)=O)C2)C1=O. The molecule has 1 aromatic rings. The molecule has 0 radical (unpaired) electrons. The van der Waals surface area contributed by atoms with Crippen LogP contribution < -0.4 is 10.0 Å². The summed E-state index contributed by atoms with van der Waals surface area (Å²) in [4.78, 5) is 28.0. The first-order valence-electron chi connectivity index (χ1n) is 7.55. The van der Waals surface area contributed by atoms with E-state index in [0.29, 0.717) is 36.5 Å². The minimum absolute atomic E-state index is 0.113. The van der Waals surface area contributed by atoms with Gasteiger partial charge < -0.3 is 9.64 Å². The van der Waals surface area contributed by atoms with Crippen molar-refractivity contribution in [3.63, 3.8) is 0 Å². The highest BCUT2D eigenvalue weighted by Crippen LogP contribution is 2.34. The Labute approximate surface area is 144 Å². The molecule has 0 bridgehead atoms. The Morgan fingerprint density at radius 2 is 2.12 bits per heavy atom. The van der Waals surface area contributed by atoms with Crippen LogP contribution in [0.2, 0.25) is 0 Å². The molecule has 2 saturated heterocycles. The number of primary sulfonamides is 1. The van der Waals surface area contributed by atoms with Gasteiger partial charge in [0.05, 0.1) is 24.0 Å². The number of rotatable bonds is 4. The van der Waals surface area contributed by atoms with Crippen molar-refractivity contribution in [2.45, 2.75) is 24.1 Å². The summed E-state index contributed by atoms with van der Waals surface area (Å²) < 4.78 is 27.7. The molecule has 2 fully saturated rings. The molecule has 1 aromatic heterocycles. The Bertz CT molecular complexity index is 760. The zero-order chi connectivity index (χ0) is 17.5. The molecule has 3 heterocycles. The van der Waals surface area contributed by atoms with Gasteiger partial charge in [0, 0.05) is 19.6 Å². The number of ether oxygens (including phenoxy) is 1. The fourth-order valence-electron chi connectivity index (χ4n) is 3.29. The first kappa shape index (κ1) is 17.3. The van der Waals surface area contributed by atoms with Crippen LogP contribution in [0.25, 0.3) is 0 Å². The van der Waals surface area contributed by atoms with Gasteiger partial charge in [0.15, 0.2) is 0 Å². The van der Waals surface area contributed by atoms with Gasteiger partial charge in [-0.15, -0.1) is 11.3 Å². The van der Waals surface area contributed by atoms with Gasteiger partial charge in [-0.25, -0.2) is 18.4 Å². The van der Waals surface area contributed by atoms with Crippen LogP contribution in [0, 0.1) is 0 Å². The monoisotopic (exact) mass is 373 g/mol. The molecule has 3 rings (SSSR count). The zero-order valence-corrected chi connectivity index (χ0v) is 14.8. The van der Waals surface area contributed by atoms with Gasteiger partial charge in [-0.2, -0.15) is 0 Å². The molecule has 0 spiro atoms. The molecular weight excluding hydrogens is 354 g/mol. The van der Waals surface area contributed by atoms with E-state index in [1.165, 1.54) is 18.4 Å². The van der Waals surface area contributed by atoms with Gasteiger partial charge in [-0.3, -0.25) is 9.69 Å². The molecular formula is C14H19N3O5S2. The number of sulfonamides is 1. The predicted octanol–water partition coefficient (Wildman–Crippen LogP) is 0.00280. The Hall–Kier alpha value is -1.49. The maximum Gasteiger partial charge on any atom is 0.340 e. The van der Waals surface area contributed by atoms with Crippen LogP contribution >= 0.6 is 11.3 Å². The van der Waals surface area contributed by atoms with Crippen LogP contribution in [-0.4, -0.2) is 63.2 Å². The molecule has 2 aliphatic rings. The highest BCUT2D eigenvalue weighted by molar-refractivity contribution is 7.89. The number of hydrogen-bond acceptors (Lipinski definition) is 7. The van der Waals surface area contributed by atoms with Crippen molar-refractivity contribution in [3.05, 3.63) is 17.0 Å². The third-order valence-corrected chi connectivity index (χ3v) is 6.80. The summed E-state index contributed by atoms with van der Waals surface area (Å²) in [6, 6.07) is 1.27. The maximum absolute atomic E-state index is 12.8. The second-order valence-corrected chi connectivity index (χ2v) is 8.66. The van der Waals surface area contributed by atoms with E-state index in [4.69, 9.17) is 9.88 Å². The Kier molecular flexibility index (Phi) is 4.65. The van der Waals surface area contributed by atoms with Crippen molar-refractivity contribution < 1.29 is 22.7 Å². The van der Waals surface area contributed by atoms with E-state index in [1.54, 1.807) is 16.3 Å². The minimum atomic E-state index is -3.59. The van der Waals surface area contributed by atoms with E-state index >= 15 is 0 Å². The first-order chi connectivity index (χ1) is 11.3. The number of nitrogens with zero attached hydrogens (tertiary/aromatic N) is 2. The van der Waals surface area contributed by atoms with Crippen LogP contribution in [0.3, 0.4) is 0 Å². The second-order valence-electron chi connectivity index (χ2n) is 5.92. The summed E-state index contributed by atoms with van der Waals surface area (Å²) >= 11 is 1.31. The van der Waals surface area contributed by atoms with Crippen LogP contribution in [0.4, 0.5) is 5.00 Å². The lowest BCUT2D eigenvalue weighted by Crippen LogP contribution is -2.42. The Morgan fingerprint density at radius 1 is 1.38 bits per heavy atom. The number of likely N-dealkylation sites (tertiary alicyclic amines) is 1. The molecule has 10 heteroatoms. The second kappa shape index (κ2) is 6.43. The van der Waals surface area contributed by atoms with Crippen molar-refractivity contribution >= 4 is 38.2 Å². The number of amides is 1. The first-order valence-corrected chi connectivity index (χ1v) is 10.0. The quantitative estimate of drug-likeness (QED) is 0.744. The summed E-state index contributed by atoms with van der Waals surface area (Å²) in [5, 5.41) is 6.92. The average molecular weight is 373 g/mol. The van der Waals surface area contributed by atoms with Crippen LogP contribution in [-0.2, 0) is 19.6 Å². The third kappa shape index (κ3) is 3.06. The van der Waals surface area contributed by atoms with Crippen LogP contribution in [0.15, 0.2) is 11.4 Å². The largest absolute Gasteiger partial charge is 0.465 e. The average Bonchev–Trinajstić information content (AvgIpc) is 3.23. The Balaban J connectivity index is 1.75. The number of esters is 1. The lowest BCUT2D eigenvalue weighted by atomic mass is 10.2. The molecule has 0 saturated carbocycles. The number of thiophene rings is 1. The van der Waals surface area contributed by atoms with Crippen molar-refractivity contribution in [1.82, 2.24) is 4.90 Å². The number of carbonyl (C=O) groups is 2. The van der Waals surface area contributed by atoms with E-state index in [1.807, 2.05) is 4.90 Å². The Morgan fingerprint density at radius 3 is 2.75 bits per heavy atom. The molecule has 1 amide bonds. The fourth-order valence-corrected chi connectivity index (χ4v) is 5.04. The minimum Gasteiger partial charge on any atom is -0.465 e. The van der Waals surface area contributed by atoms with Crippen LogP contribution in [0.5, 0.6) is 0 Å². The third-order valence-electron chi connectivity index (χ3n) is 4.55. The van der Waals surface area contributed by atoms with E-state index in [2.05, 4.69) is 0 Å². The summed E-state index contributed by atoms with van der Waals surface area (Å²) in [6.45, 7) is 1.29. The molecule has 0 aromatic carbocycles. The molecule has 2 unspecified atom stereocenters. The summed E-state index contributed by atoms with van der Waals surface area (Å²) in [6.07, 6.45) is 1.03. The number of nitrogens with two attached hydrogens (primary N) is 1. The van der Waals surface area contributed by atoms with Crippen molar-refractivity contribution in [1.29, 1.82) is 0 Å². The van der Waals surface area contributed by atoms with Gasteiger partial charge in [0.2, 0.25) is 15.9 Å². The van der Waals surface area contributed by atoms with Crippen molar-refractivity contribution in [2.75, 3.05) is 31.6 Å². The predicted molar refractivity (Wildman–Crippen MR) is 89.5 cm³/mol. The molecule has 8 nitrogen and oxygen atoms in total. The van der Waals surface area contributed by atoms with E-state index in [-0.39, 0.29) is 18.5 Å². The molecule has 2 atom stereocenters. The molecule has 0 aliphatic carbocycles. The van der Waals surface area contributed by atoms with Crippen molar-refractivity contribution in [2.24, 2.45) is 5.14 Å². The lowest BCUT2D eigenvalue weighted by Gasteiger charge is -2.23. The van der Waals surface area contributed by atoms with E-state index in [0.717, 1.165) is 0 Å². The van der Waals surface area contributed by atoms with Gasteiger partial charge in [-0.1, -0.05) is 0 Å². The summed E-state index contributed by atoms with van der Waals surface area (Å²) in [7, 11) is -2.28. The van der Waals surface area contributed by atoms with E-state index < -0.39 is 21.2 Å². The fraction of sp³-hybridized carbons (Fsp3) is 0.571. The summed E-state index contributed by atoms with van der Waals surface area (Å²) in [5.74, 6) is -0.587. The molecule has 2 aliphatic heterocycles. The standard InChI is InChI=1S/C14H19N3O5S2/c1-22-14(19)10-4-7-23-13(10)17-6-3-11(12(17)18)16-5-2-9(8-16)24(15,20)21/h4,7,9,11H,2-3,5-6,8H2,1H3,(H2,15,20,21). The van der Waals surface area contributed by atoms with Gasteiger partial charge in [0.1, 0.15) is 5.00 Å². The van der Waals surface area contributed by atoms with Crippen molar-refractivity contribution in [3.8, 4) is 0 Å². The smallest absolute Gasteiger partial charge is 0.340 e. The highest BCUT2D eigenvalue weighted by atomic mass is 32.2. The van der Waals surface area contributed by atoms with Crippen LogP contribution in [0.1, 0.15) is 23.2 Å². The normalized spacial score (nSPS) is 25.4. The summed E-state index contributed by atoms with van der Waals surface area (Å²) in [5.41, 5.74) is 0.375. The number of carbonyl (C=O) groups excluding carboxylic acids is 2. The molecule has 24 heavy (non-hydrogen) atoms. The number of hydrogen-bond donors (Lipinski definition) is 1. The van der Waals surface area contributed by atoms with Gasteiger partial charge in [0.25, 0.3) is 0 Å². The highest BCUT2D eigenvalue weighted by Gasteiger charge is 2.42. The van der Waals surface area contributed by atoms with E-state index in [9.17, 15) is 18.0 Å². The maximum atomic E-state index is 12.8. The molecule has 2 N–H and O–H groups in total. The zero-order valence-electron chi connectivity index (χ0n) is 13.2. The number of anilines is 1. The van der Waals surface area contributed by atoms with Gasteiger partial charge in [-0.05, 0) is 24.3 Å².